The highest BCUT2D eigenvalue weighted by molar-refractivity contribution is 7.91. The van der Waals surface area contributed by atoms with E-state index in [1.807, 2.05) is 0 Å². The van der Waals surface area contributed by atoms with Crippen LogP contribution in [-0.2, 0) is 16.4 Å². The maximum atomic E-state index is 14.1. The van der Waals surface area contributed by atoms with Gasteiger partial charge < -0.3 is 4.57 Å². The molecule has 2 heterocycles. The summed E-state index contributed by atoms with van der Waals surface area (Å²) in [6.07, 6.45) is 6.57. The summed E-state index contributed by atoms with van der Waals surface area (Å²) in [7, 11) is -3.21. The van der Waals surface area contributed by atoms with Gasteiger partial charge in [-0.2, -0.15) is 0 Å². The first-order valence-corrected chi connectivity index (χ1v) is 11.8. The molecule has 4 rings (SSSR count). The zero-order valence-corrected chi connectivity index (χ0v) is 17.0. The Kier molecular flexibility index (Phi) is 5.55. The molecule has 0 unspecified atom stereocenters. The minimum absolute atomic E-state index is 0.0199. The quantitative estimate of drug-likeness (QED) is 0.569. The van der Waals surface area contributed by atoms with E-state index in [2.05, 4.69) is 15.0 Å². The van der Waals surface area contributed by atoms with Gasteiger partial charge in [-0.25, -0.2) is 22.2 Å². The van der Waals surface area contributed by atoms with Crippen LogP contribution in [-0.4, -0.2) is 34.5 Å². The first-order chi connectivity index (χ1) is 13.9. The van der Waals surface area contributed by atoms with Crippen LogP contribution in [0, 0.1) is 17.6 Å². The van der Waals surface area contributed by atoms with E-state index >= 15 is 0 Å². The van der Waals surface area contributed by atoms with Crippen LogP contribution < -0.4 is 4.80 Å². The zero-order chi connectivity index (χ0) is 20.4. The lowest BCUT2D eigenvalue weighted by Crippen LogP contribution is -2.23. The maximum Gasteiger partial charge on any atom is 0.190 e. The Morgan fingerprint density at radius 2 is 2.07 bits per heavy atom. The average molecular weight is 437 g/mol. The van der Waals surface area contributed by atoms with Crippen LogP contribution in [0.4, 0.5) is 14.5 Å². The van der Waals surface area contributed by atoms with E-state index in [1.54, 1.807) is 22.3 Å². The van der Waals surface area contributed by atoms with Crippen molar-refractivity contribution in [2.75, 3.05) is 11.5 Å². The summed E-state index contributed by atoms with van der Waals surface area (Å²) >= 11 is 1.23. The number of benzene rings is 1. The molecule has 10 heteroatoms. The molecule has 1 saturated carbocycles. The highest BCUT2D eigenvalue weighted by Gasteiger charge is 2.28. The van der Waals surface area contributed by atoms with Crippen molar-refractivity contribution in [2.24, 2.45) is 10.9 Å². The van der Waals surface area contributed by atoms with Crippen molar-refractivity contribution in [1.82, 2.24) is 14.5 Å². The van der Waals surface area contributed by atoms with Gasteiger partial charge in [-0.3, -0.25) is 9.97 Å². The van der Waals surface area contributed by atoms with E-state index in [4.69, 9.17) is 0 Å². The van der Waals surface area contributed by atoms with Gasteiger partial charge in [0.1, 0.15) is 17.2 Å². The predicted molar refractivity (Wildman–Crippen MR) is 106 cm³/mol. The summed E-state index contributed by atoms with van der Waals surface area (Å²) in [5.74, 6) is -1.06. The highest BCUT2D eigenvalue weighted by atomic mass is 32.2. The summed E-state index contributed by atoms with van der Waals surface area (Å²) < 4.78 is 53.8. The van der Waals surface area contributed by atoms with E-state index in [0.717, 1.165) is 25.0 Å². The van der Waals surface area contributed by atoms with Crippen LogP contribution in [0.25, 0.3) is 11.4 Å². The van der Waals surface area contributed by atoms with Crippen LogP contribution in [0.1, 0.15) is 12.8 Å². The molecule has 1 aromatic carbocycles. The van der Waals surface area contributed by atoms with Gasteiger partial charge in [-0.05, 0) is 30.9 Å². The molecule has 3 aromatic rings. The lowest BCUT2D eigenvalue weighted by Gasteiger charge is -2.09. The molecule has 0 atom stereocenters. The molecule has 1 aliphatic carbocycles. The molecular formula is C19H18F2N4O2S2. The van der Waals surface area contributed by atoms with E-state index in [0.29, 0.717) is 16.2 Å². The summed E-state index contributed by atoms with van der Waals surface area (Å²) in [6.45, 7) is 0.159. The van der Waals surface area contributed by atoms with Gasteiger partial charge in [-0.1, -0.05) is 0 Å². The molecule has 6 nitrogen and oxygen atoms in total. The van der Waals surface area contributed by atoms with Gasteiger partial charge in [0, 0.05) is 30.4 Å². The van der Waals surface area contributed by atoms with E-state index in [1.165, 1.54) is 23.6 Å². The zero-order valence-electron chi connectivity index (χ0n) is 15.3. The monoisotopic (exact) mass is 436 g/mol. The molecule has 152 valence electrons. The largest absolute Gasteiger partial charge is 0.314 e. The lowest BCUT2D eigenvalue weighted by atomic mass is 10.3. The lowest BCUT2D eigenvalue weighted by molar-refractivity contribution is 0.581. The second kappa shape index (κ2) is 8.11. The third kappa shape index (κ3) is 4.94. The van der Waals surface area contributed by atoms with Gasteiger partial charge in [0.2, 0.25) is 0 Å². The Morgan fingerprint density at radius 1 is 1.24 bits per heavy atom. The SMILES string of the molecule is O=S(=O)(CCn1c(-c2cnccn2)csc1=Nc1ccc(F)cc1F)CC1CC1. The number of hydrogen-bond acceptors (Lipinski definition) is 6. The van der Waals surface area contributed by atoms with Crippen LogP contribution in [0.15, 0.2) is 47.2 Å². The van der Waals surface area contributed by atoms with E-state index < -0.39 is 21.5 Å². The fraction of sp³-hybridized carbons (Fsp3) is 0.316. The second-order valence-corrected chi connectivity index (χ2v) is 9.98. The number of nitrogens with zero attached hydrogens (tertiary/aromatic N) is 4. The van der Waals surface area contributed by atoms with Crippen molar-refractivity contribution < 1.29 is 17.2 Å². The van der Waals surface area contributed by atoms with Crippen LogP contribution in [0.5, 0.6) is 0 Å². The second-order valence-electron chi connectivity index (χ2n) is 6.91. The van der Waals surface area contributed by atoms with E-state index in [-0.39, 0.29) is 29.7 Å². The van der Waals surface area contributed by atoms with Crippen LogP contribution in [0.2, 0.25) is 0 Å². The fourth-order valence-electron chi connectivity index (χ4n) is 2.90. The highest BCUT2D eigenvalue weighted by Crippen LogP contribution is 2.30. The van der Waals surface area contributed by atoms with Crippen molar-refractivity contribution in [1.29, 1.82) is 0 Å². The summed E-state index contributed by atoms with van der Waals surface area (Å²) in [6, 6.07) is 3.14. The van der Waals surface area contributed by atoms with Gasteiger partial charge in [0.05, 0.1) is 23.4 Å². The molecule has 0 saturated heterocycles. The number of rotatable bonds is 7. The van der Waals surface area contributed by atoms with Crippen LogP contribution >= 0.6 is 11.3 Å². The molecule has 0 bridgehead atoms. The summed E-state index contributed by atoms with van der Waals surface area (Å²) in [5, 5.41) is 1.78. The van der Waals surface area contributed by atoms with Gasteiger partial charge >= 0.3 is 0 Å². The topological polar surface area (TPSA) is 77.2 Å². The average Bonchev–Trinajstić information content (AvgIpc) is 3.40. The van der Waals surface area contributed by atoms with Crippen molar-refractivity contribution in [3.05, 3.63) is 58.6 Å². The van der Waals surface area contributed by atoms with Gasteiger partial charge in [0.15, 0.2) is 20.5 Å². The standard InChI is InChI=1S/C19H18F2N4O2S2/c20-14-3-4-16(15(21)9-14)24-19-25(7-8-29(26,27)12-13-1-2-13)18(11-28-19)17-10-22-5-6-23-17/h3-6,9-11,13H,1-2,7-8,12H2. The predicted octanol–water partition coefficient (Wildman–Crippen LogP) is 3.34. The fourth-order valence-corrected chi connectivity index (χ4v) is 5.52. The third-order valence-corrected chi connectivity index (χ3v) is 7.21. The Labute approximate surface area is 170 Å². The van der Waals surface area contributed by atoms with Crippen LogP contribution in [0.3, 0.4) is 0 Å². The molecule has 0 aliphatic heterocycles. The Hall–Kier alpha value is -2.46. The number of sulfone groups is 1. The van der Waals surface area contributed by atoms with Gasteiger partial charge in [-0.15, -0.1) is 11.3 Å². The molecule has 0 radical (unpaired) electrons. The molecular weight excluding hydrogens is 418 g/mol. The first-order valence-electron chi connectivity index (χ1n) is 9.06. The first kappa shape index (κ1) is 19.8. The number of hydrogen-bond donors (Lipinski definition) is 0. The van der Waals surface area contributed by atoms with Crippen molar-refractivity contribution in [3.8, 4) is 11.4 Å². The summed E-state index contributed by atoms with van der Waals surface area (Å²) in [5.41, 5.74) is 1.18. The number of aromatic nitrogens is 3. The molecule has 29 heavy (non-hydrogen) atoms. The van der Waals surface area contributed by atoms with Gasteiger partial charge in [0.25, 0.3) is 0 Å². The number of halogens is 2. The molecule has 0 amide bonds. The van der Waals surface area contributed by atoms with Crippen molar-refractivity contribution in [3.63, 3.8) is 0 Å². The summed E-state index contributed by atoms with van der Waals surface area (Å²) in [4.78, 5) is 13.0. The molecule has 2 aromatic heterocycles. The smallest absolute Gasteiger partial charge is 0.190 e. The van der Waals surface area contributed by atoms with E-state index in [9.17, 15) is 17.2 Å². The Balaban J connectivity index is 1.73. The maximum absolute atomic E-state index is 14.1. The third-order valence-electron chi connectivity index (χ3n) is 4.56. The minimum atomic E-state index is -3.21. The Morgan fingerprint density at radius 3 is 2.76 bits per heavy atom. The normalized spacial score (nSPS) is 15.0. The molecule has 0 N–H and O–H groups in total. The number of thiazole rings is 1. The molecule has 1 fully saturated rings. The molecule has 1 aliphatic rings. The van der Waals surface area contributed by atoms with Crippen molar-refractivity contribution >= 4 is 26.9 Å². The Bertz CT molecular complexity index is 1190. The van der Waals surface area contributed by atoms with Crippen molar-refractivity contribution in [2.45, 2.75) is 19.4 Å². The minimum Gasteiger partial charge on any atom is -0.314 e. The molecule has 0 spiro atoms.